The highest BCUT2D eigenvalue weighted by Gasteiger charge is 2.42. The van der Waals surface area contributed by atoms with E-state index < -0.39 is 0 Å². The van der Waals surface area contributed by atoms with Gasteiger partial charge in [0.1, 0.15) is 5.82 Å². The predicted octanol–water partition coefficient (Wildman–Crippen LogP) is 2.86. The van der Waals surface area contributed by atoms with Gasteiger partial charge in [-0.05, 0) is 44.6 Å². The SMILES string of the molecule is CN=C(NCC(c1ccc(F)cc1)N(C)C)NCC1(C(=O)N(C)C)CCCC1.I. The topological polar surface area (TPSA) is 60.0 Å². The second kappa shape index (κ2) is 11.7. The Morgan fingerprint density at radius 3 is 2.21 bits per heavy atom. The summed E-state index contributed by atoms with van der Waals surface area (Å²) in [6.07, 6.45) is 3.98. The first kappa shape index (κ1) is 25.6. The summed E-state index contributed by atoms with van der Waals surface area (Å²) in [4.78, 5) is 20.8. The van der Waals surface area contributed by atoms with E-state index in [9.17, 15) is 9.18 Å². The Labute approximate surface area is 191 Å². The van der Waals surface area contributed by atoms with Crippen molar-refractivity contribution < 1.29 is 9.18 Å². The van der Waals surface area contributed by atoms with E-state index in [4.69, 9.17) is 0 Å². The number of benzene rings is 1. The van der Waals surface area contributed by atoms with Crippen LogP contribution in [0.15, 0.2) is 29.3 Å². The van der Waals surface area contributed by atoms with Crippen molar-refractivity contribution in [2.45, 2.75) is 31.7 Å². The van der Waals surface area contributed by atoms with Crippen LogP contribution in [0.1, 0.15) is 37.3 Å². The van der Waals surface area contributed by atoms with Gasteiger partial charge in [-0.3, -0.25) is 9.79 Å². The van der Waals surface area contributed by atoms with Crippen LogP contribution >= 0.6 is 24.0 Å². The predicted molar refractivity (Wildman–Crippen MR) is 127 cm³/mol. The number of guanidine groups is 1. The summed E-state index contributed by atoms with van der Waals surface area (Å²) in [5, 5.41) is 6.71. The highest BCUT2D eigenvalue weighted by atomic mass is 127. The van der Waals surface area contributed by atoms with E-state index in [0.29, 0.717) is 19.0 Å². The van der Waals surface area contributed by atoms with Gasteiger partial charge < -0.3 is 20.4 Å². The van der Waals surface area contributed by atoms with E-state index in [1.54, 1.807) is 24.1 Å². The first-order valence-electron chi connectivity index (χ1n) is 9.87. The lowest BCUT2D eigenvalue weighted by Crippen LogP contribution is -2.50. The molecule has 1 saturated carbocycles. The van der Waals surface area contributed by atoms with Gasteiger partial charge in [0.2, 0.25) is 5.91 Å². The van der Waals surface area contributed by atoms with Crippen molar-refractivity contribution >= 4 is 35.8 Å². The third kappa shape index (κ3) is 6.80. The third-order valence-electron chi connectivity index (χ3n) is 5.58. The number of aliphatic imine (C=N–C) groups is 1. The van der Waals surface area contributed by atoms with Crippen LogP contribution in [0.5, 0.6) is 0 Å². The summed E-state index contributed by atoms with van der Waals surface area (Å²) in [6, 6.07) is 6.65. The van der Waals surface area contributed by atoms with Crippen LogP contribution in [-0.2, 0) is 4.79 Å². The van der Waals surface area contributed by atoms with E-state index in [1.165, 1.54) is 12.1 Å². The molecule has 1 unspecified atom stereocenters. The van der Waals surface area contributed by atoms with Gasteiger partial charge in [-0.15, -0.1) is 24.0 Å². The lowest BCUT2D eigenvalue weighted by Gasteiger charge is -2.32. The van der Waals surface area contributed by atoms with Crippen LogP contribution in [0.2, 0.25) is 0 Å². The molecule has 8 heteroatoms. The zero-order valence-corrected chi connectivity index (χ0v) is 20.5. The Kier molecular flexibility index (Phi) is 10.3. The normalized spacial score (nSPS) is 16.9. The molecule has 0 bridgehead atoms. The second-order valence-electron chi connectivity index (χ2n) is 8.02. The molecule has 0 heterocycles. The summed E-state index contributed by atoms with van der Waals surface area (Å²) in [5.74, 6) is 0.622. The number of hydrogen-bond donors (Lipinski definition) is 2. The van der Waals surface area contributed by atoms with Crippen LogP contribution in [0.25, 0.3) is 0 Å². The summed E-state index contributed by atoms with van der Waals surface area (Å²) >= 11 is 0. The van der Waals surface area contributed by atoms with Crippen molar-refractivity contribution in [2.75, 3.05) is 48.3 Å². The van der Waals surface area contributed by atoms with Crippen LogP contribution in [0.4, 0.5) is 4.39 Å². The number of carbonyl (C=O) groups excluding carboxylic acids is 1. The molecular weight excluding hydrogens is 484 g/mol. The van der Waals surface area contributed by atoms with Crippen LogP contribution < -0.4 is 10.6 Å². The lowest BCUT2D eigenvalue weighted by atomic mass is 9.84. The number of carbonyl (C=O) groups is 1. The molecule has 1 aromatic carbocycles. The van der Waals surface area contributed by atoms with Gasteiger partial charge in [-0.25, -0.2) is 4.39 Å². The Morgan fingerprint density at radius 1 is 1.14 bits per heavy atom. The van der Waals surface area contributed by atoms with Crippen molar-refractivity contribution in [3.63, 3.8) is 0 Å². The number of hydrogen-bond acceptors (Lipinski definition) is 3. The quantitative estimate of drug-likeness (QED) is 0.331. The largest absolute Gasteiger partial charge is 0.355 e. The van der Waals surface area contributed by atoms with Crippen molar-refractivity contribution in [1.82, 2.24) is 20.4 Å². The summed E-state index contributed by atoms with van der Waals surface area (Å²) in [5.41, 5.74) is 0.684. The maximum absolute atomic E-state index is 13.2. The van der Waals surface area contributed by atoms with E-state index in [2.05, 4.69) is 20.5 Å². The number of rotatable bonds is 7. The second-order valence-corrected chi connectivity index (χ2v) is 8.02. The standard InChI is InChI=1S/C21H34FN5O.HI/c1-23-20(25-15-21(12-6-7-13-21)19(28)27(4)5)24-14-18(26(2)3)16-8-10-17(22)11-9-16;/h8-11,18H,6-7,12-15H2,1-5H3,(H2,23,24,25);1H. The van der Waals surface area contributed by atoms with E-state index >= 15 is 0 Å². The maximum Gasteiger partial charge on any atom is 0.230 e. The first-order chi connectivity index (χ1) is 13.3. The monoisotopic (exact) mass is 519 g/mol. The molecule has 2 rings (SSSR count). The average Bonchev–Trinajstić information content (AvgIpc) is 3.14. The Morgan fingerprint density at radius 2 is 1.72 bits per heavy atom. The molecule has 164 valence electrons. The van der Waals surface area contributed by atoms with Crippen molar-refractivity contribution in [1.29, 1.82) is 0 Å². The van der Waals surface area contributed by atoms with E-state index in [-0.39, 0.29) is 47.2 Å². The lowest BCUT2D eigenvalue weighted by molar-refractivity contribution is -0.138. The molecule has 0 radical (unpaired) electrons. The average molecular weight is 519 g/mol. The van der Waals surface area contributed by atoms with Gasteiger partial charge in [0, 0.05) is 34.2 Å². The molecule has 1 aliphatic rings. The Balaban J connectivity index is 0.00000420. The molecule has 1 atom stereocenters. The van der Waals surface area contributed by atoms with Gasteiger partial charge in [0.15, 0.2) is 5.96 Å². The summed E-state index contributed by atoms with van der Waals surface area (Å²) < 4.78 is 13.2. The van der Waals surface area contributed by atoms with E-state index in [0.717, 1.165) is 31.2 Å². The van der Waals surface area contributed by atoms with Crippen molar-refractivity contribution in [3.05, 3.63) is 35.6 Å². The number of halogens is 2. The first-order valence-corrected chi connectivity index (χ1v) is 9.87. The molecule has 1 amide bonds. The Bertz CT molecular complexity index is 672. The fourth-order valence-corrected chi connectivity index (χ4v) is 3.94. The molecule has 0 spiro atoms. The third-order valence-corrected chi connectivity index (χ3v) is 5.58. The molecule has 2 N–H and O–H groups in total. The summed E-state index contributed by atoms with van der Waals surface area (Å²) in [6.45, 7) is 1.19. The fraction of sp³-hybridized carbons (Fsp3) is 0.619. The molecule has 0 aromatic heterocycles. The summed E-state index contributed by atoms with van der Waals surface area (Å²) in [7, 11) is 9.36. The number of likely N-dealkylation sites (N-methyl/N-ethyl adjacent to an activating group) is 1. The van der Waals surface area contributed by atoms with Gasteiger partial charge >= 0.3 is 0 Å². The minimum absolute atomic E-state index is 0. The zero-order valence-electron chi connectivity index (χ0n) is 18.2. The molecule has 29 heavy (non-hydrogen) atoms. The minimum Gasteiger partial charge on any atom is -0.355 e. The molecule has 1 fully saturated rings. The van der Waals surface area contributed by atoms with E-state index in [1.807, 2.05) is 28.2 Å². The van der Waals surface area contributed by atoms with Crippen LogP contribution in [0, 0.1) is 11.2 Å². The molecular formula is C21H35FIN5O. The Hall–Kier alpha value is -1.42. The minimum atomic E-state index is -0.348. The fourth-order valence-electron chi connectivity index (χ4n) is 3.94. The van der Waals surface area contributed by atoms with Crippen LogP contribution in [-0.4, -0.2) is 70.0 Å². The number of nitrogens with one attached hydrogen (secondary N) is 2. The van der Waals surface area contributed by atoms with Crippen molar-refractivity contribution in [2.24, 2.45) is 10.4 Å². The highest BCUT2D eigenvalue weighted by Crippen LogP contribution is 2.38. The number of amides is 1. The maximum atomic E-state index is 13.2. The number of nitrogens with zero attached hydrogens (tertiary/aromatic N) is 3. The van der Waals surface area contributed by atoms with Gasteiger partial charge in [0.25, 0.3) is 0 Å². The zero-order chi connectivity index (χ0) is 20.7. The van der Waals surface area contributed by atoms with Gasteiger partial charge in [-0.1, -0.05) is 25.0 Å². The van der Waals surface area contributed by atoms with Crippen molar-refractivity contribution in [3.8, 4) is 0 Å². The van der Waals surface area contributed by atoms with Gasteiger partial charge in [0.05, 0.1) is 11.5 Å². The van der Waals surface area contributed by atoms with Gasteiger partial charge in [-0.2, -0.15) is 0 Å². The van der Waals surface area contributed by atoms with Crippen LogP contribution in [0.3, 0.4) is 0 Å². The smallest absolute Gasteiger partial charge is 0.230 e. The molecule has 0 saturated heterocycles. The molecule has 1 aromatic rings. The molecule has 1 aliphatic carbocycles. The molecule has 0 aliphatic heterocycles. The molecule has 6 nitrogen and oxygen atoms in total. The highest BCUT2D eigenvalue weighted by molar-refractivity contribution is 14.0.